The molecule has 0 bridgehead atoms. The highest BCUT2D eigenvalue weighted by Crippen LogP contribution is 2.24. The molecule has 0 aromatic carbocycles. The number of thiophene rings is 1. The summed E-state index contributed by atoms with van der Waals surface area (Å²) < 4.78 is 0.828. The van der Waals surface area contributed by atoms with Gasteiger partial charge in [-0.2, -0.15) is 0 Å². The lowest BCUT2D eigenvalue weighted by Gasteiger charge is -2.22. The van der Waals surface area contributed by atoms with Gasteiger partial charge in [-0.1, -0.05) is 11.6 Å². The molecule has 0 atom stereocenters. The Morgan fingerprint density at radius 1 is 1.29 bits per heavy atom. The lowest BCUT2D eigenvalue weighted by molar-refractivity contribution is 0.424. The first kappa shape index (κ1) is 16.3. The van der Waals surface area contributed by atoms with Gasteiger partial charge in [0.2, 0.25) is 0 Å². The number of nitrogens with zero attached hydrogens (tertiary/aromatic N) is 2. The Labute approximate surface area is 136 Å². The Kier molecular flexibility index (Phi) is 5.25. The molecular formula is C16H22ClN3S. The Morgan fingerprint density at radius 3 is 2.67 bits per heavy atom. The molecule has 0 unspecified atom stereocenters. The number of rotatable bonds is 5. The molecule has 2 heterocycles. The van der Waals surface area contributed by atoms with E-state index in [9.17, 15) is 0 Å². The van der Waals surface area contributed by atoms with Crippen molar-refractivity contribution in [2.24, 2.45) is 0 Å². The fourth-order valence-electron chi connectivity index (χ4n) is 1.90. The summed E-state index contributed by atoms with van der Waals surface area (Å²) in [5.41, 5.74) is 1.36. The van der Waals surface area contributed by atoms with Gasteiger partial charge in [0.15, 0.2) is 0 Å². The van der Waals surface area contributed by atoms with E-state index >= 15 is 0 Å². The zero-order valence-electron chi connectivity index (χ0n) is 13.0. The Morgan fingerprint density at radius 2 is 2.05 bits per heavy atom. The molecule has 0 aliphatic rings. The molecule has 114 valence electrons. The van der Waals surface area contributed by atoms with Crippen molar-refractivity contribution in [1.29, 1.82) is 0 Å². The van der Waals surface area contributed by atoms with Crippen molar-refractivity contribution in [3.63, 3.8) is 0 Å². The quantitative estimate of drug-likeness (QED) is 0.888. The molecule has 2 aromatic rings. The fourth-order valence-corrected chi connectivity index (χ4v) is 3.04. The molecule has 0 fully saturated rings. The van der Waals surface area contributed by atoms with Crippen LogP contribution in [-0.4, -0.2) is 17.6 Å². The number of anilines is 1. The third-order valence-corrected chi connectivity index (χ3v) is 4.26. The van der Waals surface area contributed by atoms with Gasteiger partial charge in [0.05, 0.1) is 10.9 Å². The standard InChI is InChI=1S/C16H22ClN3S/c1-16(2,3)19-10-12-7-8-18-15(9-12)20(4)11-13-5-6-14(17)21-13/h5-9,19H,10-11H2,1-4H3. The van der Waals surface area contributed by atoms with Crippen molar-refractivity contribution in [3.05, 3.63) is 45.2 Å². The molecule has 0 spiro atoms. The van der Waals surface area contributed by atoms with Crippen molar-refractivity contribution in [2.45, 2.75) is 39.4 Å². The first-order chi connectivity index (χ1) is 9.83. The smallest absolute Gasteiger partial charge is 0.128 e. The molecule has 3 nitrogen and oxygen atoms in total. The van der Waals surface area contributed by atoms with Crippen molar-refractivity contribution in [2.75, 3.05) is 11.9 Å². The van der Waals surface area contributed by atoms with Crippen LogP contribution >= 0.6 is 22.9 Å². The van der Waals surface area contributed by atoms with Gasteiger partial charge >= 0.3 is 0 Å². The molecule has 2 aromatic heterocycles. The number of aromatic nitrogens is 1. The van der Waals surface area contributed by atoms with E-state index in [1.54, 1.807) is 11.3 Å². The minimum absolute atomic E-state index is 0.114. The lowest BCUT2D eigenvalue weighted by Crippen LogP contribution is -2.35. The third kappa shape index (κ3) is 5.30. The van der Waals surface area contributed by atoms with Gasteiger partial charge < -0.3 is 10.2 Å². The minimum Gasteiger partial charge on any atom is -0.355 e. The maximum absolute atomic E-state index is 5.98. The van der Waals surface area contributed by atoms with Crippen LogP contribution in [-0.2, 0) is 13.1 Å². The normalized spacial score (nSPS) is 11.7. The second kappa shape index (κ2) is 6.77. The second-order valence-corrected chi connectivity index (χ2v) is 7.99. The van der Waals surface area contributed by atoms with Gasteiger partial charge in [0.25, 0.3) is 0 Å². The van der Waals surface area contributed by atoms with Gasteiger partial charge in [0, 0.05) is 30.2 Å². The van der Waals surface area contributed by atoms with Crippen LogP contribution in [0.15, 0.2) is 30.5 Å². The summed E-state index contributed by atoms with van der Waals surface area (Å²) in [5, 5.41) is 3.50. The zero-order chi connectivity index (χ0) is 15.5. The third-order valence-electron chi connectivity index (χ3n) is 3.05. The molecule has 1 N–H and O–H groups in total. The highest BCUT2D eigenvalue weighted by molar-refractivity contribution is 7.16. The average Bonchev–Trinajstić information content (AvgIpc) is 2.81. The van der Waals surface area contributed by atoms with Gasteiger partial charge in [-0.15, -0.1) is 11.3 Å². The molecule has 0 radical (unpaired) electrons. The Balaban J connectivity index is 2.02. The summed E-state index contributed by atoms with van der Waals surface area (Å²) in [7, 11) is 2.05. The van der Waals surface area contributed by atoms with Crippen LogP contribution in [0.4, 0.5) is 5.82 Å². The Bertz CT molecular complexity index is 589. The summed E-state index contributed by atoms with van der Waals surface area (Å²) in [4.78, 5) is 7.84. The molecule has 0 aliphatic heterocycles. The molecule has 2 rings (SSSR count). The topological polar surface area (TPSA) is 28.2 Å². The maximum Gasteiger partial charge on any atom is 0.128 e. The number of pyridine rings is 1. The predicted molar refractivity (Wildman–Crippen MR) is 92.3 cm³/mol. The molecule has 0 saturated heterocycles. The van der Waals surface area contributed by atoms with Crippen LogP contribution in [0.5, 0.6) is 0 Å². The first-order valence-electron chi connectivity index (χ1n) is 6.99. The lowest BCUT2D eigenvalue weighted by atomic mass is 10.1. The second-order valence-electron chi connectivity index (χ2n) is 6.19. The van der Waals surface area contributed by atoms with Gasteiger partial charge in [0.1, 0.15) is 5.82 Å². The highest BCUT2D eigenvalue weighted by atomic mass is 35.5. The summed E-state index contributed by atoms with van der Waals surface area (Å²) in [6, 6.07) is 8.19. The number of nitrogens with one attached hydrogen (secondary N) is 1. The largest absolute Gasteiger partial charge is 0.355 e. The van der Waals surface area contributed by atoms with Crippen LogP contribution in [0.2, 0.25) is 4.34 Å². The zero-order valence-corrected chi connectivity index (χ0v) is 14.6. The monoisotopic (exact) mass is 323 g/mol. The van der Waals surface area contributed by atoms with E-state index in [1.165, 1.54) is 10.4 Å². The van der Waals surface area contributed by atoms with E-state index in [2.05, 4.69) is 61.2 Å². The molecule has 0 aliphatic carbocycles. The maximum atomic E-state index is 5.98. The van der Waals surface area contributed by atoms with E-state index in [4.69, 9.17) is 11.6 Å². The van der Waals surface area contributed by atoms with E-state index in [-0.39, 0.29) is 5.54 Å². The van der Waals surface area contributed by atoms with Crippen LogP contribution in [0, 0.1) is 0 Å². The fraction of sp³-hybridized carbons (Fsp3) is 0.438. The number of halogens is 1. The van der Waals surface area contributed by atoms with Crippen molar-refractivity contribution in [1.82, 2.24) is 10.3 Å². The molecule has 21 heavy (non-hydrogen) atoms. The SMILES string of the molecule is CN(Cc1ccc(Cl)s1)c1cc(CNC(C)(C)C)ccn1. The first-order valence-corrected chi connectivity index (χ1v) is 8.18. The van der Waals surface area contributed by atoms with Crippen LogP contribution < -0.4 is 10.2 Å². The molecule has 5 heteroatoms. The van der Waals surface area contributed by atoms with E-state index in [0.29, 0.717) is 0 Å². The number of hydrogen-bond acceptors (Lipinski definition) is 4. The van der Waals surface area contributed by atoms with Gasteiger partial charge in [-0.05, 0) is 50.6 Å². The summed E-state index contributed by atoms with van der Waals surface area (Å²) in [6.07, 6.45) is 1.87. The molecular weight excluding hydrogens is 302 g/mol. The van der Waals surface area contributed by atoms with Gasteiger partial charge in [-0.3, -0.25) is 0 Å². The highest BCUT2D eigenvalue weighted by Gasteiger charge is 2.10. The number of hydrogen-bond donors (Lipinski definition) is 1. The van der Waals surface area contributed by atoms with E-state index in [0.717, 1.165) is 23.2 Å². The molecule has 0 amide bonds. The Hall–Kier alpha value is -1.10. The van der Waals surface area contributed by atoms with Crippen molar-refractivity contribution >= 4 is 28.8 Å². The minimum atomic E-state index is 0.114. The van der Waals surface area contributed by atoms with Gasteiger partial charge in [-0.25, -0.2) is 4.98 Å². The van der Waals surface area contributed by atoms with E-state index < -0.39 is 0 Å². The van der Waals surface area contributed by atoms with Crippen LogP contribution in [0.3, 0.4) is 0 Å². The van der Waals surface area contributed by atoms with Crippen LogP contribution in [0.1, 0.15) is 31.2 Å². The van der Waals surface area contributed by atoms with Crippen LogP contribution in [0.25, 0.3) is 0 Å². The summed E-state index contributed by atoms with van der Waals surface area (Å²) in [5.74, 6) is 0.979. The predicted octanol–water partition coefficient (Wildman–Crippen LogP) is 4.32. The average molecular weight is 324 g/mol. The van der Waals surface area contributed by atoms with E-state index in [1.807, 2.05) is 12.3 Å². The summed E-state index contributed by atoms with van der Waals surface area (Å²) >= 11 is 7.59. The molecule has 0 saturated carbocycles. The van der Waals surface area contributed by atoms with Crippen molar-refractivity contribution < 1.29 is 0 Å². The van der Waals surface area contributed by atoms with Crippen molar-refractivity contribution in [3.8, 4) is 0 Å². The summed E-state index contributed by atoms with van der Waals surface area (Å²) in [6.45, 7) is 8.17.